The van der Waals surface area contributed by atoms with Gasteiger partial charge in [0, 0.05) is 32.2 Å². The number of hydrogen-bond donors (Lipinski definition) is 1. The third-order valence-electron chi connectivity index (χ3n) is 3.28. The Morgan fingerprint density at radius 2 is 2.19 bits per heavy atom. The van der Waals surface area contributed by atoms with E-state index in [1.165, 1.54) is 6.42 Å². The Labute approximate surface area is 96.7 Å². The first kappa shape index (κ1) is 11.7. The Bertz CT molecular complexity index is 233. The minimum atomic E-state index is -0.160. The molecule has 2 fully saturated rings. The number of nitrogens with one attached hydrogen (secondary N) is 1. The molecular weight excluding hydrogens is 206 g/mol. The van der Waals surface area contributed by atoms with E-state index in [1.807, 2.05) is 6.92 Å². The fourth-order valence-electron chi connectivity index (χ4n) is 2.28. The number of carbonyl (C=O) groups is 1. The molecule has 2 rings (SSSR count). The second kappa shape index (κ2) is 5.50. The van der Waals surface area contributed by atoms with Gasteiger partial charge in [-0.1, -0.05) is 0 Å². The highest BCUT2D eigenvalue weighted by Gasteiger charge is 2.35. The summed E-state index contributed by atoms with van der Waals surface area (Å²) in [4.78, 5) is 15.7. The highest BCUT2D eigenvalue weighted by Crippen LogP contribution is 2.16. The van der Waals surface area contributed by atoms with E-state index in [-0.39, 0.29) is 6.09 Å². The predicted octanol–water partition coefficient (Wildman–Crippen LogP) is 0.122. The molecule has 0 aromatic rings. The van der Waals surface area contributed by atoms with E-state index in [0.29, 0.717) is 12.6 Å². The summed E-state index contributed by atoms with van der Waals surface area (Å²) in [5.41, 5.74) is 0. The Kier molecular flexibility index (Phi) is 4.01. The minimum Gasteiger partial charge on any atom is -0.450 e. The molecule has 2 aliphatic heterocycles. The average molecular weight is 227 g/mol. The van der Waals surface area contributed by atoms with E-state index in [1.54, 1.807) is 4.90 Å². The summed E-state index contributed by atoms with van der Waals surface area (Å²) in [6.45, 7) is 8.40. The summed E-state index contributed by atoms with van der Waals surface area (Å²) in [6, 6.07) is 0.546. The van der Waals surface area contributed by atoms with Crippen LogP contribution >= 0.6 is 0 Å². The number of rotatable bonds is 2. The highest BCUT2D eigenvalue weighted by atomic mass is 16.6. The van der Waals surface area contributed by atoms with Gasteiger partial charge in [-0.25, -0.2) is 4.79 Å². The van der Waals surface area contributed by atoms with E-state index in [9.17, 15) is 4.79 Å². The fraction of sp³-hybridized carbons (Fsp3) is 0.909. The maximum atomic E-state index is 11.4. The Balaban J connectivity index is 1.72. The van der Waals surface area contributed by atoms with Gasteiger partial charge < -0.3 is 15.0 Å². The largest absolute Gasteiger partial charge is 0.450 e. The first-order valence-electron chi connectivity index (χ1n) is 6.17. The maximum Gasteiger partial charge on any atom is 0.409 e. The van der Waals surface area contributed by atoms with Crippen LogP contribution in [0.3, 0.4) is 0 Å². The monoisotopic (exact) mass is 227 g/mol. The van der Waals surface area contributed by atoms with Gasteiger partial charge in [-0.2, -0.15) is 0 Å². The quantitative estimate of drug-likeness (QED) is 0.728. The van der Waals surface area contributed by atoms with Crippen LogP contribution in [0.25, 0.3) is 0 Å². The Morgan fingerprint density at radius 1 is 1.38 bits per heavy atom. The summed E-state index contributed by atoms with van der Waals surface area (Å²) in [7, 11) is 0. The molecule has 0 spiro atoms. The number of nitrogens with zero attached hydrogens (tertiary/aromatic N) is 2. The molecule has 2 heterocycles. The summed E-state index contributed by atoms with van der Waals surface area (Å²) in [6.07, 6.45) is 1.04. The molecule has 0 atom stereocenters. The van der Waals surface area contributed by atoms with Gasteiger partial charge in [0.05, 0.1) is 6.61 Å². The first-order valence-corrected chi connectivity index (χ1v) is 6.17. The molecule has 0 bridgehead atoms. The number of carbonyl (C=O) groups excluding carboxylic acids is 1. The molecule has 0 aromatic carbocycles. The van der Waals surface area contributed by atoms with Crippen LogP contribution in [0.2, 0.25) is 0 Å². The van der Waals surface area contributed by atoms with E-state index in [2.05, 4.69) is 10.2 Å². The maximum absolute atomic E-state index is 11.4. The third kappa shape index (κ3) is 2.65. The lowest BCUT2D eigenvalue weighted by Crippen LogP contribution is -2.61. The van der Waals surface area contributed by atoms with Crippen LogP contribution in [0.5, 0.6) is 0 Å². The lowest BCUT2D eigenvalue weighted by atomic mass is 10.1. The topological polar surface area (TPSA) is 44.8 Å². The molecular formula is C11H21N3O2. The molecule has 0 aliphatic carbocycles. The minimum absolute atomic E-state index is 0.160. The summed E-state index contributed by atoms with van der Waals surface area (Å²) in [5.74, 6) is 0. The predicted molar refractivity (Wildman–Crippen MR) is 61.4 cm³/mol. The van der Waals surface area contributed by atoms with Gasteiger partial charge in [0.1, 0.15) is 0 Å². The second-order valence-electron chi connectivity index (χ2n) is 4.40. The zero-order chi connectivity index (χ0) is 11.4. The van der Waals surface area contributed by atoms with Crippen molar-refractivity contribution in [3.8, 4) is 0 Å². The van der Waals surface area contributed by atoms with Crippen LogP contribution in [0.15, 0.2) is 0 Å². The Hall–Kier alpha value is -0.810. The normalized spacial score (nSPS) is 23.7. The van der Waals surface area contributed by atoms with Crippen molar-refractivity contribution in [3.63, 3.8) is 0 Å². The lowest BCUT2D eigenvalue weighted by molar-refractivity contribution is 0.0256. The summed E-state index contributed by atoms with van der Waals surface area (Å²) >= 11 is 0. The van der Waals surface area contributed by atoms with E-state index in [0.717, 1.165) is 39.3 Å². The van der Waals surface area contributed by atoms with Crippen molar-refractivity contribution in [1.29, 1.82) is 0 Å². The van der Waals surface area contributed by atoms with Crippen LogP contribution in [0.1, 0.15) is 13.3 Å². The summed E-state index contributed by atoms with van der Waals surface area (Å²) < 4.78 is 4.96. The van der Waals surface area contributed by atoms with Gasteiger partial charge >= 0.3 is 6.09 Å². The van der Waals surface area contributed by atoms with Crippen molar-refractivity contribution in [2.45, 2.75) is 19.4 Å². The van der Waals surface area contributed by atoms with Crippen molar-refractivity contribution in [2.24, 2.45) is 0 Å². The summed E-state index contributed by atoms with van der Waals surface area (Å²) in [5, 5.41) is 3.39. The van der Waals surface area contributed by atoms with Gasteiger partial charge in [-0.05, 0) is 26.4 Å². The van der Waals surface area contributed by atoms with Gasteiger partial charge in [-0.15, -0.1) is 0 Å². The van der Waals surface area contributed by atoms with Gasteiger partial charge in [0.2, 0.25) is 0 Å². The molecule has 0 radical (unpaired) electrons. The molecule has 5 heteroatoms. The number of likely N-dealkylation sites (tertiary alicyclic amines) is 1. The standard InChI is InChI=1S/C11H21N3O2/c1-2-16-11(15)14-8-10(9-14)13-6-3-4-12-5-7-13/h10,12H,2-9H2,1H3. The van der Waals surface area contributed by atoms with Crippen LogP contribution in [-0.4, -0.2) is 67.8 Å². The SMILES string of the molecule is CCOC(=O)N1CC(N2CCCNCC2)C1. The van der Waals surface area contributed by atoms with Crippen LogP contribution in [-0.2, 0) is 4.74 Å². The zero-order valence-corrected chi connectivity index (χ0v) is 9.95. The van der Waals surface area contributed by atoms with Crippen molar-refractivity contribution >= 4 is 6.09 Å². The molecule has 5 nitrogen and oxygen atoms in total. The third-order valence-corrected chi connectivity index (χ3v) is 3.28. The zero-order valence-electron chi connectivity index (χ0n) is 9.95. The average Bonchev–Trinajstić information content (AvgIpc) is 2.44. The van der Waals surface area contributed by atoms with Crippen LogP contribution in [0, 0.1) is 0 Å². The van der Waals surface area contributed by atoms with Crippen LogP contribution in [0.4, 0.5) is 4.79 Å². The van der Waals surface area contributed by atoms with Crippen LogP contribution < -0.4 is 5.32 Å². The van der Waals surface area contributed by atoms with Crippen molar-refractivity contribution in [2.75, 3.05) is 45.9 Å². The van der Waals surface area contributed by atoms with E-state index >= 15 is 0 Å². The van der Waals surface area contributed by atoms with Crippen molar-refractivity contribution in [1.82, 2.24) is 15.1 Å². The fourth-order valence-corrected chi connectivity index (χ4v) is 2.28. The smallest absolute Gasteiger partial charge is 0.409 e. The molecule has 2 saturated heterocycles. The molecule has 2 aliphatic rings. The van der Waals surface area contributed by atoms with Gasteiger partial charge in [-0.3, -0.25) is 4.90 Å². The number of hydrogen-bond acceptors (Lipinski definition) is 4. The van der Waals surface area contributed by atoms with E-state index in [4.69, 9.17) is 4.74 Å². The van der Waals surface area contributed by atoms with Crippen molar-refractivity contribution in [3.05, 3.63) is 0 Å². The van der Waals surface area contributed by atoms with E-state index < -0.39 is 0 Å². The lowest BCUT2D eigenvalue weighted by Gasteiger charge is -2.44. The molecule has 16 heavy (non-hydrogen) atoms. The molecule has 1 amide bonds. The molecule has 0 unspecified atom stereocenters. The molecule has 0 aromatic heterocycles. The number of ether oxygens (including phenoxy) is 1. The second-order valence-corrected chi connectivity index (χ2v) is 4.40. The molecule has 0 saturated carbocycles. The highest BCUT2D eigenvalue weighted by molar-refractivity contribution is 5.68. The van der Waals surface area contributed by atoms with Crippen molar-refractivity contribution < 1.29 is 9.53 Å². The Morgan fingerprint density at radius 3 is 2.94 bits per heavy atom. The molecule has 1 N–H and O–H groups in total. The number of amides is 1. The van der Waals surface area contributed by atoms with Gasteiger partial charge in [0.15, 0.2) is 0 Å². The van der Waals surface area contributed by atoms with Gasteiger partial charge in [0.25, 0.3) is 0 Å². The molecule has 92 valence electrons. The first-order chi connectivity index (χ1) is 7.81.